The second kappa shape index (κ2) is 6.76. The van der Waals surface area contributed by atoms with Crippen molar-refractivity contribution >= 4 is 0 Å². The van der Waals surface area contributed by atoms with Crippen molar-refractivity contribution in [2.45, 2.75) is 19.4 Å². The second-order valence-electron chi connectivity index (χ2n) is 3.91. The number of benzene rings is 1. The monoisotopic (exact) mass is 247 g/mol. The van der Waals surface area contributed by atoms with E-state index in [9.17, 15) is 0 Å². The molecule has 0 unspecified atom stereocenters. The summed E-state index contributed by atoms with van der Waals surface area (Å²) in [5, 5.41) is 6.96. The van der Waals surface area contributed by atoms with Gasteiger partial charge in [0, 0.05) is 6.42 Å². The molecule has 0 amide bonds. The summed E-state index contributed by atoms with van der Waals surface area (Å²) >= 11 is 0. The first-order chi connectivity index (χ1) is 8.88. The highest BCUT2D eigenvalue weighted by atomic mass is 16.5. The Morgan fingerprint density at radius 2 is 2.11 bits per heavy atom. The smallest absolute Gasteiger partial charge is 0.226 e. The van der Waals surface area contributed by atoms with Crippen LogP contribution in [0.15, 0.2) is 34.9 Å². The van der Waals surface area contributed by atoms with Crippen LogP contribution in [-0.2, 0) is 13.0 Å². The number of hydrogen-bond donors (Lipinski definition) is 1. The fourth-order valence-corrected chi connectivity index (χ4v) is 1.53. The summed E-state index contributed by atoms with van der Waals surface area (Å²) in [7, 11) is 1.92. The third kappa shape index (κ3) is 3.85. The van der Waals surface area contributed by atoms with Crippen LogP contribution in [0.1, 0.15) is 18.1 Å². The van der Waals surface area contributed by atoms with Gasteiger partial charge in [-0.15, -0.1) is 0 Å². The summed E-state index contributed by atoms with van der Waals surface area (Å²) in [6, 6.07) is 9.59. The van der Waals surface area contributed by atoms with Gasteiger partial charge in [0.2, 0.25) is 11.7 Å². The average molecular weight is 247 g/mol. The summed E-state index contributed by atoms with van der Waals surface area (Å²) in [5.74, 6) is 2.05. The van der Waals surface area contributed by atoms with Gasteiger partial charge in [0.05, 0.1) is 0 Å². The summed E-state index contributed by atoms with van der Waals surface area (Å²) in [5.41, 5.74) is 0. The standard InChI is InChI=1S/C13H17N3O2/c1-14-9-5-8-13-15-12(16-18-13)10-17-11-6-3-2-4-7-11/h2-4,6-7,14H,5,8-10H2,1H3. The number of hydrogen-bond acceptors (Lipinski definition) is 5. The Morgan fingerprint density at radius 3 is 2.89 bits per heavy atom. The van der Waals surface area contributed by atoms with Gasteiger partial charge >= 0.3 is 0 Å². The Labute approximate surface area is 106 Å². The highest BCUT2D eigenvalue weighted by Gasteiger charge is 2.06. The van der Waals surface area contributed by atoms with E-state index in [1.165, 1.54) is 0 Å². The lowest BCUT2D eigenvalue weighted by molar-refractivity contribution is 0.285. The highest BCUT2D eigenvalue weighted by Crippen LogP contribution is 2.10. The predicted molar refractivity (Wildman–Crippen MR) is 67.3 cm³/mol. The Morgan fingerprint density at radius 1 is 1.28 bits per heavy atom. The third-order valence-corrected chi connectivity index (χ3v) is 2.44. The van der Waals surface area contributed by atoms with Crippen molar-refractivity contribution in [3.63, 3.8) is 0 Å². The van der Waals surface area contributed by atoms with Crippen molar-refractivity contribution in [2.24, 2.45) is 0 Å². The molecule has 0 aliphatic carbocycles. The molecule has 0 fully saturated rings. The number of para-hydroxylation sites is 1. The van der Waals surface area contributed by atoms with Crippen molar-refractivity contribution < 1.29 is 9.26 Å². The van der Waals surface area contributed by atoms with E-state index in [0.29, 0.717) is 18.3 Å². The molecule has 0 saturated heterocycles. The summed E-state index contributed by atoms with van der Waals surface area (Å²) in [6.07, 6.45) is 1.77. The van der Waals surface area contributed by atoms with Gasteiger partial charge in [0.15, 0.2) is 6.61 Å². The minimum atomic E-state index is 0.333. The molecular formula is C13H17N3O2. The van der Waals surface area contributed by atoms with Crippen molar-refractivity contribution in [1.29, 1.82) is 0 Å². The molecule has 0 spiro atoms. The number of aryl methyl sites for hydroxylation is 1. The molecular weight excluding hydrogens is 230 g/mol. The molecule has 0 bridgehead atoms. The van der Waals surface area contributed by atoms with Gasteiger partial charge in [0.1, 0.15) is 5.75 Å². The number of rotatable bonds is 7. The lowest BCUT2D eigenvalue weighted by Crippen LogP contribution is -2.08. The zero-order valence-electron chi connectivity index (χ0n) is 10.4. The molecule has 5 nitrogen and oxygen atoms in total. The maximum atomic E-state index is 5.53. The van der Waals surface area contributed by atoms with Gasteiger partial charge in [-0.3, -0.25) is 0 Å². The zero-order valence-corrected chi connectivity index (χ0v) is 10.4. The Balaban J connectivity index is 1.80. The summed E-state index contributed by atoms with van der Waals surface area (Å²) in [4.78, 5) is 4.27. The number of aromatic nitrogens is 2. The quantitative estimate of drug-likeness (QED) is 0.756. The minimum Gasteiger partial charge on any atom is -0.485 e. The first kappa shape index (κ1) is 12.6. The number of nitrogens with zero attached hydrogens (tertiary/aromatic N) is 2. The van der Waals surface area contributed by atoms with Crippen molar-refractivity contribution in [2.75, 3.05) is 13.6 Å². The van der Waals surface area contributed by atoms with Crippen LogP contribution in [0.25, 0.3) is 0 Å². The van der Waals surface area contributed by atoms with Gasteiger partial charge < -0.3 is 14.6 Å². The van der Waals surface area contributed by atoms with Gasteiger partial charge in [-0.05, 0) is 32.1 Å². The molecule has 0 radical (unpaired) electrons. The van der Waals surface area contributed by atoms with E-state index in [1.54, 1.807) is 0 Å². The Hall–Kier alpha value is -1.88. The van der Waals surface area contributed by atoms with Crippen LogP contribution in [0.2, 0.25) is 0 Å². The third-order valence-electron chi connectivity index (χ3n) is 2.44. The maximum Gasteiger partial charge on any atom is 0.226 e. The van der Waals surface area contributed by atoms with Gasteiger partial charge in [0.25, 0.3) is 0 Å². The normalized spacial score (nSPS) is 10.5. The fourth-order valence-electron chi connectivity index (χ4n) is 1.53. The maximum absolute atomic E-state index is 5.53. The van der Waals surface area contributed by atoms with Crippen molar-refractivity contribution in [3.05, 3.63) is 42.0 Å². The molecule has 0 atom stereocenters. The Kier molecular flexibility index (Phi) is 4.72. The molecule has 2 rings (SSSR count). The van der Waals surface area contributed by atoms with E-state index in [0.717, 1.165) is 25.1 Å². The molecule has 1 N–H and O–H groups in total. The topological polar surface area (TPSA) is 60.2 Å². The molecule has 0 saturated carbocycles. The SMILES string of the molecule is CNCCCc1nc(COc2ccccc2)no1. The first-order valence-corrected chi connectivity index (χ1v) is 6.02. The molecule has 1 heterocycles. The van der Waals surface area contributed by atoms with E-state index in [2.05, 4.69) is 15.5 Å². The lowest BCUT2D eigenvalue weighted by Gasteiger charge is -2.01. The van der Waals surface area contributed by atoms with Crippen molar-refractivity contribution in [1.82, 2.24) is 15.5 Å². The van der Waals surface area contributed by atoms with Crippen LogP contribution in [0.3, 0.4) is 0 Å². The minimum absolute atomic E-state index is 0.333. The van der Waals surface area contributed by atoms with Gasteiger partial charge in [-0.25, -0.2) is 0 Å². The second-order valence-corrected chi connectivity index (χ2v) is 3.91. The predicted octanol–water partition coefficient (Wildman–Crippen LogP) is 1.80. The fraction of sp³-hybridized carbons (Fsp3) is 0.385. The molecule has 0 aliphatic heterocycles. The largest absolute Gasteiger partial charge is 0.485 e. The Bertz CT molecular complexity index is 456. The van der Waals surface area contributed by atoms with E-state index < -0.39 is 0 Å². The average Bonchev–Trinajstić information content (AvgIpc) is 2.86. The van der Waals surface area contributed by atoms with Crippen LogP contribution >= 0.6 is 0 Å². The van der Waals surface area contributed by atoms with Crippen molar-refractivity contribution in [3.8, 4) is 5.75 Å². The van der Waals surface area contributed by atoms with Crippen LogP contribution in [0.4, 0.5) is 0 Å². The molecule has 5 heteroatoms. The lowest BCUT2D eigenvalue weighted by atomic mass is 10.3. The van der Waals surface area contributed by atoms with Crippen LogP contribution in [0.5, 0.6) is 5.75 Å². The molecule has 1 aromatic heterocycles. The highest BCUT2D eigenvalue weighted by molar-refractivity contribution is 5.20. The van der Waals surface area contributed by atoms with Crippen LogP contribution < -0.4 is 10.1 Å². The van der Waals surface area contributed by atoms with E-state index in [4.69, 9.17) is 9.26 Å². The summed E-state index contributed by atoms with van der Waals surface area (Å²) < 4.78 is 10.7. The molecule has 18 heavy (non-hydrogen) atoms. The van der Waals surface area contributed by atoms with Gasteiger partial charge in [-0.2, -0.15) is 4.98 Å². The van der Waals surface area contributed by atoms with Gasteiger partial charge in [-0.1, -0.05) is 23.4 Å². The number of nitrogens with one attached hydrogen (secondary N) is 1. The van der Waals surface area contributed by atoms with E-state index in [1.807, 2.05) is 37.4 Å². The molecule has 1 aromatic carbocycles. The van der Waals surface area contributed by atoms with Crippen LogP contribution in [0, 0.1) is 0 Å². The summed E-state index contributed by atoms with van der Waals surface area (Å²) in [6.45, 7) is 1.28. The van der Waals surface area contributed by atoms with E-state index in [-0.39, 0.29) is 0 Å². The number of ether oxygens (including phenoxy) is 1. The van der Waals surface area contributed by atoms with E-state index >= 15 is 0 Å². The van der Waals surface area contributed by atoms with Crippen LogP contribution in [-0.4, -0.2) is 23.7 Å². The molecule has 96 valence electrons. The molecule has 2 aromatic rings. The molecule has 0 aliphatic rings. The zero-order chi connectivity index (χ0) is 12.6. The first-order valence-electron chi connectivity index (χ1n) is 6.02.